The Labute approximate surface area is 166 Å². The lowest BCUT2D eigenvalue weighted by atomic mass is 10.2. The Hall–Kier alpha value is -1.72. The number of sulfonamides is 1. The number of carbonyl (C=O) groups is 1. The third-order valence-electron chi connectivity index (χ3n) is 3.49. The molecule has 0 spiro atoms. The molecule has 1 aromatic carbocycles. The van der Waals surface area contributed by atoms with Gasteiger partial charge in [-0.25, -0.2) is 12.8 Å². The fraction of sp³-hybridized carbons (Fsp3) is 0.438. The van der Waals surface area contributed by atoms with Crippen molar-refractivity contribution in [1.82, 2.24) is 10.2 Å². The minimum absolute atomic E-state index is 0.156. The number of carbonyl (C=O) groups excluding carboxylic acids is 1. The van der Waals surface area contributed by atoms with E-state index in [1.807, 2.05) is 6.92 Å². The summed E-state index contributed by atoms with van der Waals surface area (Å²) in [5, 5.41) is 10.8. The van der Waals surface area contributed by atoms with Gasteiger partial charge in [0, 0.05) is 5.75 Å². The molecule has 2 aromatic rings. The van der Waals surface area contributed by atoms with Crippen LogP contribution in [-0.2, 0) is 14.8 Å². The summed E-state index contributed by atoms with van der Waals surface area (Å²) < 4.78 is 40.4. The van der Waals surface area contributed by atoms with Crippen LogP contribution in [0.25, 0.3) is 0 Å². The van der Waals surface area contributed by atoms with E-state index in [4.69, 9.17) is 0 Å². The molecule has 0 unspecified atom stereocenters. The maximum atomic E-state index is 14.2. The van der Waals surface area contributed by atoms with Crippen LogP contribution < -0.4 is 9.62 Å². The van der Waals surface area contributed by atoms with Gasteiger partial charge in [-0.3, -0.25) is 14.4 Å². The average molecular weight is 433 g/mol. The van der Waals surface area contributed by atoms with E-state index < -0.39 is 27.8 Å². The first-order valence-electron chi connectivity index (χ1n) is 8.29. The summed E-state index contributed by atoms with van der Waals surface area (Å²) in [7, 11) is -3.90. The van der Waals surface area contributed by atoms with Crippen LogP contribution in [0.4, 0.5) is 15.2 Å². The Kier molecular flexibility index (Phi) is 7.57. The Balaban J connectivity index is 2.27. The standard InChI is InChI=1S/C16H21FN4O3S3/c1-4-10-25-16-20-19-15(26-16)18-14(22)12(5-2)21(27(3,23)24)13-9-7-6-8-11(13)17/h6-9,12H,4-5,10H2,1-3H3,(H,18,19,22)/t12-/m1/s1. The molecule has 0 aliphatic carbocycles. The van der Waals surface area contributed by atoms with E-state index in [2.05, 4.69) is 15.5 Å². The van der Waals surface area contributed by atoms with Crippen LogP contribution in [0.15, 0.2) is 28.6 Å². The van der Waals surface area contributed by atoms with E-state index in [0.29, 0.717) is 4.34 Å². The van der Waals surface area contributed by atoms with Crippen LogP contribution in [0.2, 0.25) is 0 Å². The van der Waals surface area contributed by atoms with Gasteiger partial charge in [0.25, 0.3) is 0 Å². The average Bonchev–Trinajstić information content (AvgIpc) is 3.04. The molecular formula is C16H21FN4O3S3. The maximum absolute atomic E-state index is 14.2. The fourth-order valence-electron chi connectivity index (χ4n) is 2.36. The zero-order valence-electron chi connectivity index (χ0n) is 15.2. The number of anilines is 2. The van der Waals surface area contributed by atoms with E-state index in [1.54, 1.807) is 6.92 Å². The van der Waals surface area contributed by atoms with Crippen molar-refractivity contribution in [2.75, 3.05) is 21.6 Å². The number of nitrogens with one attached hydrogen (secondary N) is 1. The second kappa shape index (κ2) is 9.47. The predicted molar refractivity (Wildman–Crippen MR) is 107 cm³/mol. The van der Waals surface area contributed by atoms with Crippen molar-refractivity contribution in [2.24, 2.45) is 0 Å². The molecule has 7 nitrogen and oxygen atoms in total. The zero-order valence-corrected chi connectivity index (χ0v) is 17.6. The number of thioether (sulfide) groups is 1. The van der Waals surface area contributed by atoms with Gasteiger partial charge in [-0.05, 0) is 25.0 Å². The molecule has 0 fully saturated rings. The molecular weight excluding hydrogens is 411 g/mol. The Bertz CT molecular complexity index is 889. The van der Waals surface area contributed by atoms with Crippen LogP contribution in [0.3, 0.4) is 0 Å². The van der Waals surface area contributed by atoms with E-state index in [-0.39, 0.29) is 17.2 Å². The van der Waals surface area contributed by atoms with Crippen molar-refractivity contribution in [1.29, 1.82) is 0 Å². The number of aromatic nitrogens is 2. The SMILES string of the molecule is CCCSc1nnc(NC(=O)[C@@H](CC)N(c2ccccc2F)S(C)(=O)=O)s1. The third kappa shape index (κ3) is 5.63. The molecule has 27 heavy (non-hydrogen) atoms. The normalized spacial score (nSPS) is 12.6. The van der Waals surface area contributed by atoms with Crippen molar-refractivity contribution in [3.8, 4) is 0 Å². The van der Waals surface area contributed by atoms with Gasteiger partial charge in [0.15, 0.2) is 4.34 Å². The van der Waals surface area contributed by atoms with E-state index in [9.17, 15) is 17.6 Å². The topological polar surface area (TPSA) is 92.3 Å². The number of hydrogen-bond acceptors (Lipinski definition) is 7. The smallest absolute Gasteiger partial charge is 0.250 e. The number of nitrogens with zero attached hydrogens (tertiary/aromatic N) is 3. The van der Waals surface area contributed by atoms with Crippen LogP contribution in [-0.4, -0.2) is 42.6 Å². The lowest BCUT2D eigenvalue weighted by Gasteiger charge is -2.29. The Morgan fingerprint density at radius 1 is 1.33 bits per heavy atom. The Morgan fingerprint density at radius 3 is 2.63 bits per heavy atom. The van der Waals surface area contributed by atoms with Crippen LogP contribution >= 0.6 is 23.1 Å². The molecule has 1 amide bonds. The summed E-state index contributed by atoms with van der Waals surface area (Å²) in [5.74, 6) is -0.423. The van der Waals surface area contributed by atoms with Gasteiger partial charge in [0.2, 0.25) is 21.1 Å². The Morgan fingerprint density at radius 2 is 2.04 bits per heavy atom. The van der Waals surface area contributed by atoms with Gasteiger partial charge in [-0.2, -0.15) is 0 Å². The molecule has 1 atom stereocenters. The molecule has 148 valence electrons. The van der Waals surface area contributed by atoms with E-state index in [0.717, 1.165) is 28.8 Å². The molecule has 0 aliphatic rings. The molecule has 1 heterocycles. The van der Waals surface area contributed by atoms with Gasteiger partial charge < -0.3 is 0 Å². The van der Waals surface area contributed by atoms with E-state index in [1.165, 1.54) is 41.3 Å². The highest BCUT2D eigenvalue weighted by Gasteiger charge is 2.33. The zero-order chi connectivity index (χ0) is 20.0. The van der Waals surface area contributed by atoms with Gasteiger partial charge in [0.1, 0.15) is 11.9 Å². The summed E-state index contributed by atoms with van der Waals surface area (Å²) in [5.41, 5.74) is -0.168. The quantitative estimate of drug-likeness (QED) is 0.482. The second-order valence-corrected chi connectivity index (χ2v) is 9.82. The summed E-state index contributed by atoms with van der Waals surface area (Å²) in [6.07, 6.45) is 2.08. The van der Waals surface area contributed by atoms with E-state index >= 15 is 0 Å². The van der Waals surface area contributed by atoms with Gasteiger partial charge in [-0.15, -0.1) is 10.2 Å². The van der Waals surface area contributed by atoms with Crippen molar-refractivity contribution in [3.63, 3.8) is 0 Å². The molecule has 0 bridgehead atoms. The highest BCUT2D eigenvalue weighted by atomic mass is 32.2. The summed E-state index contributed by atoms with van der Waals surface area (Å²) in [4.78, 5) is 12.7. The lowest BCUT2D eigenvalue weighted by molar-refractivity contribution is -0.117. The van der Waals surface area contributed by atoms with Crippen LogP contribution in [0, 0.1) is 5.82 Å². The fourth-order valence-corrected chi connectivity index (χ4v) is 5.26. The molecule has 0 saturated carbocycles. The van der Waals surface area contributed by atoms with Gasteiger partial charge >= 0.3 is 0 Å². The van der Waals surface area contributed by atoms with Crippen molar-refractivity contribution in [3.05, 3.63) is 30.1 Å². The largest absolute Gasteiger partial charge is 0.299 e. The van der Waals surface area contributed by atoms with Crippen molar-refractivity contribution < 1.29 is 17.6 Å². The minimum Gasteiger partial charge on any atom is -0.299 e. The summed E-state index contributed by atoms with van der Waals surface area (Å²) >= 11 is 2.74. The summed E-state index contributed by atoms with van der Waals surface area (Å²) in [6, 6.07) is 4.34. The van der Waals surface area contributed by atoms with Crippen molar-refractivity contribution in [2.45, 2.75) is 37.1 Å². The predicted octanol–water partition coefficient (Wildman–Crippen LogP) is 3.36. The molecule has 0 saturated heterocycles. The molecule has 1 N–H and O–H groups in total. The highest BCUT2D eigenvalue weighted by molar-refractivity contribution is 8.01. The first-order valence-corrected chi connectivity index (χ1v) is 11.9. The number of amides is 1. The number of hydrogen-bond donors (Lipinski definition) is 1. The van der Waals surface area contributed by atoms with Gasteiger partial charge in [-0.1, -0.05) is 49.1 Å². The first kappa shape index (κ1) is 21.6. The number of benzene rings is 1. The molecule has 1 aromatic heterocycles. The highest BCUT2D eigenvalue weighted by Crippen LogP contribution is 2.28. The summed E-state index contributed by atoms with van der Waals surface area (Å²) in [6.45, 7) is 3.71. The molecule has 0 aliphatic heterocycles. The lowest BCUT2D eigenvalue weighted by Crippen LogP contribution is -2.47. The second-order valence-electron chi connectivity index (χ2n) is 5.65. The molecule has 0 radical (unpaired) electrons. The monoisotopic (exact) mass is 432 g/mol. The number of halogens is 1. The maximum Gasteiger partial charge on any atom is 0.250 e. The molecule has 11 heteroatoms. The van der Waals surface area contributed by atoms with Crippen LogP contribution in [0.5, 0.6) is 0 Å². The van der Waals surface area contributed by atoms with Gasteiger partial charge in [0.05, 0.1) is 11.9 Å². The minimum atomic E-state index is -3.90. The molecule has 2 rings (SSSR count). The number of para-hydroxylation sites is 1. The van der Waals surface area contributed by atoms with Crippen molar-refractivity contribution >= 4 is 49.8 Å². The number of rotatable bonds is 9. The third-order valence-corrected chi connectivity index (χ3v) is 6.83. The van der Waals surface area contributed by atoms with Crippen LogP contribution in [0.1, 0.15) is 26.7 Å². The first-order chi connectivity index (χ1) is 12.8.